The van der Waals surface area contributed by atoms with Gasteiger partial charge in [0.2, 0.25) is 0 Å². The van der Waals surface area contributed by atoms with E-state index in [1.807, 2.05) is 37.3 Å². The van der Waals surface area contributed by atoms with Crippen LogP contribution in [0.5, 0.6) is 0 Å². The van der Waals surface area contributed by atoms with Crippen molar-refractivity contribution in [2.45, 2.75) is 6.42 Å². The summed E-state index contributed by atoms with van der Waals surface area (Å²) in [6.45, 7) is 0.794. The first-order chi connectivity index (χ1) is 6.69. The van der Waals surface area contributed by atoms with Crippen LogP contribution in [0.3, 0.4) is 0 Å². The first-order valence-corrected chi connectivity index (χ1v) is 4.35. The van der Waals surface area contributed by atoms with Crippen molar-refractivity contribution in [3.8, 4) is 12.1 Å². The highest BCUT2D eigenvalue weighted by Gasteiger charge is 2.17. The molecule has 1 heterocycles. The second-order valence-electron chi connectivity index (χ2n) is 3.27. The molecule has 1 aliphatic rings. The Bertz CT molecular complexity index is 347. The van der Waals surface area contributed by atoms with Crippen molar-refractivity contribution in [2.24, 2.45) is 0 Å². The summed E-state index contributed by atoms with van der Waals surface area (Å²) in [6.07, 6.45) is 2.80. The summed E-state index contributed by atoms with van der Waals surface area (Å²) in [4.78, 5) is 1.91. The van der Waals surface area contributed by atoms with Crippen molar-refractivity contribution < 1.29 is 0 Å². The molecule has 0 unspecified atom stereocenters. The maximum absolute atomic E-state index is 8.73. The number of hydrogen-bond donors (Lipinski definition) is 1. The molecule has 0 aromatic carbocycles. The maximum Gasteiger partial charge on any atom is 0.153 e. The predicted molar refractivity (Wildman–Crippen MR) is 52.6 cm³/mol. The van der Waals surface area contributed by atoms with Crippen molar-refractivity contribution in [1.29, 1.82) is 10.5 Å². The molecule has 1 fully saturated rings. The molecule has 4 heteroatoms. The van der Waals surface area contributed by atoms with Crippen LogP contribution in [0, 0.1) is 22.7 Å². The van der Waals surface area contributed by atoms with E-state index in [0.717, 1.165) is 18.5 Å². The van der Waals surface area contributed by atoms with Crippen molar-refractivity contribution in [1.82, 2.24) is 10.2 Å². The zero-order chi connectivity index (χ0) is 10.6. The van der Waals surface area contributed by atoms with E-state index in [9.17, 15) is 0 Å². The van der Waals surface area contributed by atoms with Crippen molar-refractivity contribution >= 4 is 0 Å². The van der Waals surface area contributed by atoms with Gasteiger partial charge in [-0.1, -0.05) is 0 Å². The van der Waals surface area contributed by atoms with Gasteiger partial charge in [0.25, 0.3) is 0 Å². The van der Waals surface area contributed by atoms with E-state index in [1.54, 1.807) is 0 Å². The molecule has 0 aliphatic carbocycles. The molecule has 0 spiro atoms. The minimum Gasteiger partial charge on any atom is -0.383 e. The second kappa shape index (κ2) is 4.34. The number of allylic oxidation sites excluding steroid dienone is 2. The summed E-state index contributed by atoms with van der Waals surface area (Å²) in [6, 6.07) is 3.79. The Morgan fingerprint density at radius 2 is 2.07 bits per heavy atom. The lowest BCUT2D eigenvalue weighted by atomic mass is 10.1. The molecule has 14 heavy (non-hydrogen) atoms. The highest BCUT2D eigenvalue weighted by atomic mass is 15.0. The normalized spacial score (nSPS) is 17.1. The van der Waals surface area contributed by atoms with E-state index in [0.29, 0.717) is 5.70 Å². The fourth-order valence-corrected chi connectivity index (χ4v) is 1.39. The molecule has 0 radical (unpaired) electrons. The van der Waals surface area contributed by atoms with E-state index in [-0.39, 0.29) is 5.57 Å². The Balaban J connectivity index is 3.08. The number of nitrogens with zero attached hydrogens (tertiary/aromatic N) is 3. The third-order valence-electron chi connectivity index (χ3n) is 1.90. The number of nitriles is 2. The Morgan fingerprint density at radius 1 is 1.43 bits per heavy atom. The molecular formula is C10H12N4. The third kappa shape index (κ3) is 2.05. The fraction of sp³-hybridized carbons (Fsp3) is 0.400. The van der Waals surface area contributed by atoms with Gasteiger partial charge in [0.05, 0.1) is 5.70 Å². The van der Waals surface area contributed by atoms with Gasteiger partial charge >= 0.3 is 0 Å². The number of rotatable bonds is 1. The molecule has 4 nitrogen and oxygen atoms in total. The molecule has 0 amide bonds. The standard InChI is InChI=1S/C10H12N4/c1-14(2)7-8-3-4-13-10(8)9(5-11)6-12/h7,13H,3-4H2,1-2H3/b8-7-. The van der Waals surface area contributed by atoms with Gasteiger partial charge in [0.1, 0.15) is 12.1 Å². The van der Waals surface area contributed by atoms with Crippen LogP contribution in [-0.2, 0) is 0 Å². The van der Waals surface area contributed by atoms with Crippen molar-refractivity contribution in [2.75, 3.05) is 20.6 Å². The summed E-state index contributed by atoms with van der Waals surface area (Å²) in [5, 5.41) is 20.5. The summed E-state index contributed by atoms with van der Waals surface area (Å²) in [5.74, 6) is 0. The smallest absolute Gasteiger partial charge is 0.153 e. The molecule has 1 aliphatic heterocycles. The Hall–Kier alpha value is -1.94. The predicted octanol–water partition coefficient (Wildman–Crippen LogP) is 0.726. The van der Waals surface area contributed by atoms with Gasteiger partial charge in [-0.05, 0) is 12.0 Å². The van der Waals surface area contributed by atoms with E-state index in [4.69, 9.17) is 10.5 Å². The minimum atomic E-state index is 0.163. The van der Waals surface area contributed by atoms with Gasteiger partial charge in [-0.3, -0.25) is 0 Å². The molecule has 0 aromatic heterocycles. The Labute approximate surface area is 83.7 Å². The van der Waals surface area contributed by atoms with Gasteiger partial charge in [0, 0.05) is 26.8 Å². The van der Waals surface area contributed by atoms with E-state index in [2.05, 4.69) is 5.32 Å². The third-order valence-corrected chi connectivity index (χ3v) is 1.90. The lowest BCUT2D eigenvalue weighted by Crippen LogP contribution is -2.08. The first-order valence-electron chi connectivity index (χ1n) is 4.35. The van der Waals surface area contributed by atoms with Crippen LogP contribution in [-0.4, -0.2) is 25.5 Å². The van der Waals surface area contributed by atoms with Crippen LogP contribution in [0.25, 0.3) is 0 Å². The summed E-state index contributed by atoms with van der Waals surface area (Å²) >= 11 is 0. The summed E-state index contributed by atoms with van der Waals surface area (Å²) < 4.78 is 0. The molecule has 0 saturated carbocycles. The molecule has 1 rings (SSSR count). The molecule has 1 N–H and O–H groups in total. The maximum atomic E-state index is 8.73. The summed E-state index contributed by atoms with van der Waals surface area (Å²) in [5.41, 5.74) is 1.87. The Morgan fingerprint density at radius 3 is 2.57 bits per heavy atom. The topological polar surface area (TPSA) is 62.9 Å². The van der Waals surface area contributed by atoms with Crippen molar-refractivity contribution in [3.63, 3.8) is 0 Å². The number of nitrogens with one attached hydrogen (secondary N) is 1. The van der Waals surface area contributed by atoms with Crippen LogP contribution in [0.1, 0.15) is 6.42 Å². The largest absolute Gasteiger partial charge is 0.383 e. The van der Waals surface area contributed by atoms with Gasteiger partial charge in [-0.25, -0.2) is 0 Å². The summed E-state index contributed by atoms with van der Waals surface area (Å²) in [7, 11) is 3.84. The minimum absolute atomic E-state index is 0.163. The Kier molecular flexibility index (Phi) is 3.14. The van der Waals surface area contributed by atoms with Gasteiger partial charge < -0.3 is 10.2 Å². The quantitative estimate of drug-likeness (QED) is 0.616. The fourth-order valence-electron chi connectivity index (χ4n) is 1.39. The van der Waals surface area contributed by atoms with Crippen LogP contribution in [0.4, 0.5) is 0 Å². The average molecular weight is 188 g/mol. The second-order valence-corrected chi connectivity index (χ2v) is 3.27. The van der Waals surface area contributed by atoms with E-state index in [1.165, 1.54) is 0 Å². The van der Waals surface area contributed by atoms with Crippen LogP contribution >= 0.6 is 0 Å². The SMILES string of the molecule is CN(C)/C=C1/CCNC1=C(C#N)C#N. The molecule has 72 valence electrons. The molecule has 0 atom stereocenters. The van der Waals surface area contributed by atoms with Gasteiger partial charge in [-0.15, -0.1) is 0 Å². The van der Waals surface area contributed by atoms with Crippen LogP contribution in [0.2, 0.25) is 0 Å². The first kappa shape index (κ1) is 10.1. The number of hydrogen-bond acceptors (Lipinski definition) is 4. The van der Waals surface area contributed by atoms with Crippen molar-refractivity contribution in [3.05, 3.63) is 23.0 Å². The van der Waals surface area contributed by atoms with Gasteiger partial charge in [-0.2, -0.15) is 10.5 Å². The monoisotopic (exact) mass is 188 g/mol. The van der Waals surface area contributed by atoms with E-state index < -0.39 is 0 Å². The highest BCUT2D eigenvalue weighted by molar-refractivity contribution is 5.49. The van der Waals surface area contributed by atoms with Gasteiger partial charge in [0.15, 0.2) is 5.57 Å². The molecule has 1 saturated heterocycles. The highest BCUT2D eigenvalue weighted by Crippen LogP contribution is 2.20. The zero-order valence-corrected chi connectivity index (χ0v) is 8.33. The molecular weight excluding hydrogens is 176 g/mol. The average Bonchev–Trinajstić information content (AvgIpc) is 2.55. The van der Waals surface area contributed by atoms with Crippen LogP contribution < -0.4 is 5.32 Å². The van der Waals surface area contributed by atoms with E-state index >= 15 is 0 Å². The molecule has 0 bridgehead atoms. The van der Waals surface area contributed by atoms with Crippen LogP contribution in [0.15, 0.2) is 23.0 Å². The lowest BCUT2D eigenvalue weighted by molar-refractivity contribution is 0.558. The zero-order valence-electron chi connectivity index (χ0n) is 8.33. The molecule has 0 aromatic rings. The lowest BCUT2D eigenvalue weighted by Gasteiger charge is -2.07.